The highest BCUT2D eigenvalue weighted by molar-refractivity contribution is 5.99. The van der Waals surface area contributed by atoms with E-state index in [1.807, 2.05) is 44.2 Å². The molecule has 0 heterocycles. The van der Waals surface area contributed by atoms with Crippen molar-refractivity contribution in [1.29, 1.82) is 0 Å². The van der Waals surface area contributed by atoms with E-state index in [0.717, 1.165) is 40.9 Å². The van der Waals surface area contributed by atoms with E-state index in [2.05, 4.69) is 53.8 Å². The van der Waals surface area contributed by atoms with Crippen LogP contribution in [0.3, 0.4) is 0 Å². The van der Waals surface area contributed by atoms with Crippen LogP contribution >= 0.6 is 0 Å². The molecule has 0 spiro atoms. The molecule has 33 heavy (non-hydrogen) atoms. The number of hydrogen-bond acceptors (Lipinski definition) is 4. The summed E-state index contributed by atoms with van der Waals surface area (Å²) in [7, 11) is 1.42. The van der Waals surface area contributed by atoms with Crippen molar-refractivity contribution in [2.75, 3.05) is 13.7 Å². The van der Waals surface area contributed by atoms with E-state index in [1.165, 1.54) is 23.6 Å². The summed E-state index contributed by atoms with van der Waals surface area (Å²) in [6.45, 7) is 6.05. The number of hydrogen-bond donors (Lipinski definition) is 1. The van der Waals surface area contributed by atoms with Gasteiger partial charge in [0.1, 0.15) is 5.75 Å². The van der Waals surface area contributed by atoms with Gasteiger partial charge in [0.05, 0.1) is 19.3 Å². The molecule has 0 atom stereocenters. The second kappa shape index (κ2) is 10.3. The van der Waals surface area contributed by atoms with Crippen molar-refractivity contribution in [3.05, 3.63) is 101 Å². The van der Waals surface area contributed by atoms with Crippen LogP contribution in [0.5, 0.6) is 5.75 Å². The Bertz CT molecular complexity index is 1280. The first-order valence-electron chi connectivity index (χ1n) is 11.2. The van der Waals surface area contributed by atoms with Gasteiger partial charge in [-0.1, -0.05) is 48.5 Å². The Morgan fingerprint density at radius 2 is 1.70 bits per heavy atom. The van der Waals surface area contributed by atoms with Crippen molar-refractivity contribution >= 4 is 16.7 Å². The van der Waals surface area contributed by atoms with Crippen molar-refractivity contribution in [1.82, 2.24) is 5.32 Å². The van der Waals surface area contributed by atoms with Gasteiger partial charge in [-0.3, -0.25) is 0 Å². The molecule has 0 aromatic heterocycles. The van der Waals surface area contributed by atoms with Gasteiger partial charge in [-0.05, 0) is 82.8 Å². The molecule has 0 amide bonds. The molecule has 4 nitrogen and oxygen atoms in total. The molecule has 4 aromatic carbocycles. The molecular weight excluding hydrogens is 410 g/mol. The molecule has 0 bridgehead atoms. The van der Waals surface area contributed by atoms with Crippen LogP contribution in [0.25, 0.3) is 21.9 Å². The minimum absolute atomic E-state index is 0.314. The van der Waals surface area contributed by atoms with Crippen LogP contribution in [-0.4, -0.2) is 19.7 Å². The summed E-state index contributed by atoms with van der Waals surface area (Å²) in [5, 5.41) is 5.88. The molecule has 0 aliphatic carbocycles. The van der Waals surface area contributed by atoms with Crippen LogP contribution in [0.4, 0.5) is 0 Å². The normalized spacial score (nSPS) is 10.9. The van der Waals surface area contributed by atoms with Crippen LogP contribution < -0.4 is 10.1 Å². The first kappa shape index (κ1) is 22.6. The Morgan fingerprint density at radius 1 is 0.879 bits per heavy atom. The zero-order valence-electron chi connectivity index (χ0n) is 19.4. The van der Waals surface area contributed by atoms with Gasteiger partial charge in [-0.2, -0.15) is 0 Å². The quantitative estimate of drug-likeness (QED) is 0.328. The second-order valence-corrected chi connectivity index (χ2v) is 8.07. The number of carbonyl (C=O) groups is 1. The summed E-state index contributed by atoms with van der Waals surface area (Å²) in [6.07, 6.45) is 0. The number of benzene rings is 4. The summed E-state index contributed by atoms with van der Waals surface area (Å²) >= 11 is 0. The molecule has 0 saturated carbocycles. The number of fused-ring (bicyclic) bond motifs is 1. The number of rotatable bonds is 8. The lowest BCUT2D eigenvalue weighted by atomic mass is 9.93. The Balaban J connectivity index is 1.62. The third-order valence-corrected chi connectivity index (χ3v) is 5.74. The molecule has 0 aliphatic heterocycles. The summed E-state index contributed by atoms with van der Waals surface area (Å²) in [4.78, 5) is 12.2. The van der Waals surface area contributed by atoms with Gasteiger partial charge in [0.25, 0.3) is 0 Å². The predicted octanol–water partition coefficient (Wildman–Crippen LogP) is 6.29. The van der Waals surface area contributed by atoms with Gasteiger partial charge in [0, 0.05) is 13.1 Å². The molecule has 168 valence electrons. The highest BCUT2D eigenvalue weighted by Gasteiger charge is 2.13. The number of carbonyl (C=O) groups excluding carboxylic acids is 1. The largest absolute Gasteiger partial charge is 0.494 e. The third kappa shape index (κ3) is 5.24. The molecule has 4 aromatic rings. The molecule has 0 aliphatic rings. The Kier molecular flexibility index (Phi) is 7.06. The molecule has 0 saturated heterocycles. The van der Waals surface area contributed by atoms with Gasteiger partial charge >= 0.3 is 5.97 Å². The summed E-state index contributed by atoms with van der Waals surface area (Å²) in [5.74, 6) is 0.580. The first-order chi connectivity index (χ1) is 16.1. The van der Waals surface area contributed by atoms with Gasteiger partial charge < -0.3 is 14.8 Å². The lowest BCUT2D eigenvalue weighted by Crippen LogP contribution is -2.13. The minimum atomic E-state index is -0.314. The van der Waals surface area contributed by atoms with Gasteiger partial charge in [0.15, 0.2) is 0 Å². The van der Waals surface area contributed by atoms with E-state index in [9.17, 15) is 4.79 Å². The summed E-state index contributed by atoms with van der Waals surface area (Å²) in [6, 6.07) is 26.9. The monoisotopic (exact) mass is 439 g/mol. The molecule has 0 radical (unpaired) electrons. The van der Waals surface area contributed by atoms with Crippen molar-refractivity contribution < 1.29 is 14.3 Å². The molecule has 0 fully saturated rings. The van der Waals surface area contributed by atoms with E-state index in [1.54, 1.807) is 0 Å². The number of esters is 1. The van der Waals surface area contributed by atoms with Gasteiger partial charge in [-0.25, -0.2) is 4.79 Å². The highest BCUT2D eigenvalue weighted by Crippen LogP contribution is 2.32. The van der Waals surface area contributed by atoms with E-state index in [-0.39, 0.29) is 5.97 Å². The Labute approximate surface area is 195 Å². The molecular formula is C29H29NO3. The van der Waals surface area contributed by atoms with E-state index < -0.39 is 0 Å². The Hall–Kier alpha value is -3.63. The molecule has 1 N–H and O–H groups in total. The average Bonchev–Trinajstić information content (AvgIpc) is 2.84. The van der Waals surface area contributed by atoms with Crippen molar-refractivity contribution in [2.45, 2.75) is 26.9 Å². The third-order valence-electron chi connectivity index (χ3n) is 5.74. The van der Waals surface area contributed by atoms with Crippen molar-refractivity contribution in [2.24, 2.45) is 0 Å². The van der Waals surface area contributed by atoms with Crippen LogP contribution in [0, 0.1) is 6.92 Å². The summed E-state index contributed by atoms with van der Waals surface area (Å²) in [5.41, 5.74) is 5.98. The number of nitrogens with one attached hydrogen (secondary N) is 1. The molecule has 0 unspecified atom stereocenters. The smallest absolute Gasteiger partial charge is 0.338 e. The fourth-order valence-corrected chi connectivity index (χ4v) is 4.10. The maximum Gasteiger partial charge on any atom is 0.338 e. The maximum absolute atomic E-state index is 12.2. The molecule has 4 rings (SSSR count). The topological polar surface area (TPSA) is 47.6 Å². The van der Waals surface area contributed by atoms with Crippen molar-refractivity contribution in [3.8, 4) is 16.9 Å². The lowest BCUT2D eigenvalue weighted by molar-refractivity contribution is 0.0600. The second-order valence-electron chi connectivity index (χ2n) is 8.07. The van der Waals surface area contributed by atoms with Crippen LogP contribution in [0.15, 0.2) is 78.9 Å². The van der Waals surface area contributed by atoms with Crippen LogP contribution in [0.2, 0.25) is 0 Å². The SMILES string of the molecule is CCOc1cccc(CNCc2cc(-c3ccc(C)c(C(=O)OC)c3)c3ccccc3c2)c1. The highest BCUT2D eigenvalue weighted by atomic mass is 16.5. The lowest BCUT2D eigenvalue weighted by Gasteiger charge is -2.14. The van der Waals surface area contributed by atoms with Crippen molar-refractivity contribution in [3.63, 3.8) is 0 Å². The standard InChI is InChI=1S/C29H29NO3/c1-4-33-25-10-7-8-21(15-25)18-30-19-22-14-23-9-5-6-11-26(23)28(16-22)24-13-12-20(2)27(17-24)29(31)32-3/h5-17,30H,4,18-19H2,1-3H3. The number of methoxy groups -OCH3 is 1. The molecule has 4 heteroatoms. The van der Waals surface area contributed by atoms with Gasteiger partial charge in [0.2, 0.25) is 0 Å². The predicted molar refractivity (Wildman–Crippen MR) is 134 cm³/mol. The zero-order chi connectivity index (χ0) is 23.2. The van der Waals surface area contributed by atoms with E-state index >= 15 is 0 Å². The number of aryl methyl sites for hydroxylation is 1. The van der Waals surface area contributed by atoms with Crippen LogP contribution in [0.1, 0.15) is 34.0 Å². The Morgan fingerprint density at radius 3 is 2.52 bits per heavy atom. The number of ether oxygens (including phenoxy) is 2. The first-order valence-corrected chi connectivity index (χ1v) is 11.2. The fraction of sp³-hybridized carbons (Fsp3) is 0.207. The fourth-order valence-electron chi connectivity index (χ4n) is 4.10. The van der Waals surface area contributed by atoms with E-state index in [4.69, 9.17) is 9.47 Å². The zero-order valence-corrected chi connectivity index (χ0v) is 19.4. The van der Waals surface area contributed by atoms with Crippen LogP contribution in [-0.2, 0) is 17.8 Å². The minimum Gasteiger partial charge on any atom is -0.494 e. The van der Waals surface area contributed by atoms with Gasteiger partial charge in [-0.15, -0.1) is 0 Å². The van der Waals surface area contributed by atoms with E-state index in [0.29, 0.717) is 12.2 Å². The average molecular weight is 440 g/mol. The maximum atomic E-state index is 12.2. The summed E-state index contributed by atoms with van der Waals surface area (Å²) < 4.78 is 10.6.